The summed E-state index contributed by atoms with van der Waals surface area (Å²) in [6, 6.07) is 18.7. The lowest BCUT2D eigenvalue weighted by molar-refractivity contribution is 0.804. The molecule has 96 valence electrons. The minimum Gasteiger partial charge on any atom is -0.201 e. The Morgan fingerprint density at radius 2 is 1.70 bits per heavy atom. The summed E-state index contributed by atoms with van der Waals surface area (Å²) in [5.74, 6) is 0. The molecule has 4 nitrogen and oxygen atoms in total. The molecule has 3 aromatic rings. The number of hydrogen-bond acceptors (Lipinski definition) is 3. The second kappa shape index (κ2) is 5.16. The van der Waals surface area contributed by atoms with Gasteiger partial charge in [0.25, 0.3) is 0 Å². The number of aromatic nitrogens is 3. The van der Waals surface area contributed by atoms with E-state index in [9.17, 15) is 0 Å². The van der Waals surface area contributed by atoms with Crippen LogP contribution in [0.2, 0.25) is 5.15 Å². The smallest absolute Gasteiger partial charge is 0.161 e. The Morgan fingerprint density at radius 1 is 1.00 bits per heavy atom. The predicted octanol–water partition coefficient (Wildman–Crippen LogP) is 3.46. The topological polar surface area (TPSA) is 54.5 Å². The Balaban J connectivity index is 2.04. The van der Waals surface area contributed by atoms with Crippen molar-refractivity contribution in [3.8, 4) is 23.0 Å². The maximum absolute atomic E-state index is 8.80. The highest BCUT2D eigenvalue weighted by Gasteiger charge is 2.13. The van der Waals surface area contributed by atoms with Crippen LogP contribution < -0.4 is 0 Å². The van der Waals surface area contributed by atoms with Gasteiger partial charge in [0, 0.05) is 5.56 Å². The fraction of sp³-hybridized carbons (Fsp3) is 0. The van der Waals surface area contributed by atoms with Crippen molar-refractivity contribution in [3.05, 3.63) is 65.3 Å². The van der Waals surface area contributed by atoms with Crippen molar-refractivity contribution in [2.45, 2.75) is 0 Å². The monoisotopic (exact) mass is 280 g/mol. The minimum atomic E-state index is 0.445. The zero-order valence-electron chi connectivity index (χ0n) is 10.4. The molecule has 0 saturated heterocycles. The zero-order chi connectivity index (χ0) is 13.9. The highest BCUT2D eigenvalue weighted by Crippen LogP contribution is 2.27. The van der Waals surface area contributed by atoms with Crippen molar-refractivity contribution in [1.29, 1.82) is 5.26 Å². The van der Waals surface area contributed by atoms with Gasteiger partial charge in [-0.05, 0) is 24.3 Å². The van der Waals surface area contributed by atoms with Gasteiger partial charge in [0.1, 0.15) is 5.69 Å². The summed E-state index contributed by atoms with van der Waals surface area (Å²) < 4.78 is 1.55. The van der Waals surface area contributed by atoms with Crippen LogP contribution >= 0.6 is 11.6 Å². The van der Waals surface area contributed by atoms with Crippen LogP contribution in [0.1, 0.15) is 5.56 Å². The fourth-order valence-corrected chi connectivity index (χ4v) is 2.16. The van der Waals surface area contributed by atoms with Crippen molar-refractivity contribution in [3.63, 3.8) is 0 Å². The van der Waals surface area contributed by atoms with Crippen LogP contribution in [0.3, 0.4) is 0 Å². The maximum Gasteiger partial charge on any atom is 0.161 e. The van der Waals surface area contributed by atoms with Crippen molar-refractivity contribution in [1.82, 2.24) is 15.0 Å². The molecular formula is C15H9ClN4. The van der Waals surface area contributed by atoms with E-state index in [0.717, 1.165) is 11.3 Å². The number of halogens is 1. The quantitative estimate of drug-likeness (QED) is 0.722. The molecule has 0 amide bonds. The fourth-order valence-electron chi connectivity index (χ4n) is 1.89. The van der Waals surface area contributed by atoms with Gasteiger partial charge in [-0.15, -0.1) is 5.10 Å². The van der Waals surface area contributed by atoms with Gasteiger partial charge in [-0.1, -0.05) is 47.1 Å². The molecule has 2 aromatic carbocycles. The molecule has 0 fully saturated rings. The first kappa shape index (κ1) is 12.4. The number of hydrogen-bond donors (Lipinski definition) is 0. The van der Waals surface area contributed by atoms with Gasteiger partial charge in [-0.2, -0.15) is 5.26 Å². The Hall–Kier alpha value is -2.64. The van der Waals surface area contributed by atoms with Crippen molar-refractivity contribution >= 4 is 11.6 Å². The third-order valence-corrected chi connectivity index (χ3v) is 3.24. The summed E-state index contributed by atoms with van der Waals surface area (Å²) >= 11 is 6.34. The van der Waals surface area contributed by atoms with E-state index < -0.39 is 0 Å². The maximum atomic E-state index is 8.80. The third kappa shape index (κ3) is 2.15. The molecule has 0 radical (unpaired) electrons. The standard InChI is InChI=1S/C15H9ClN4/c16-15-14(12-4-2-1-3-5-12)18-19-20(15)13-8-6-11(10-17)7-9-13/h1-9H. The molecule has 1 heterocycles. The van der Waals surface area contributed by atoms with E-state index in [2.05, 4.69) is 16.4 Å². The van der Waals surface area contributed by atoms with E-state index >= 15 is 0 Å². The summed E-state index contributed by atoms with van der Waals surface area (Å²) in [5, 5.41) is 17.4. The van der Waals surface area contributed by atoms with Gasteiger partial charge in [0.2, 0.25) is 0 Å². The van der Waals surface area contributed by atoms with Gasteiger partial charge in [-0.25, -0.2) is 4.68 Å². The molecule has 0 saturated carbocycles. The molecule has 0 bridgehead atoms. The summed E-state index contributed by atoms with van der Waals surface area (Å²) in [6.07, 6.45) is 0. The predicted molar refractivity (Wildman–Crippen MR) is 76.5 cm³/mol. The molecule has 0 N–H and O–H groups in total. The molecule has 5 heteroatoms. The van der Waals surface area contributed by atoms with Crippen molar-refractivity contribution in [2.24, 2.45) is 0 Å². The molecule has 1 aromatic heterocycles. The second-order valence-electron chi connectivity index (χ2n) is 4.17. The normalized spacial score (nSPS) is 10.2. The van der Waals surface area contributed by atoms with E-state index in [1.165, 1.54) is 0 Å². The van der Waals surface area contributed by atoms with Crippen LogP contribution in [0.25, 0.3) is 16.9 Å². The number of benzene rings is 2. The Morgan fingerprint density at radius 3 is 2.35 bits per heavy atom. The molecular weight excluding hydrogens is 272 g/mol. The molecule has 0 atom stereocenters. The molecule has 0 aliphatic heterocycles. The molecule has 3 rings (SSSR count). The summed E-state index contributed by atoms with van der Waals surface area (Å²) in [5.41, 5.74) is 2.91. The largest absolute Gasteiger partial charge is 0.201 e. The Labute approximate surface area is 120 Å². The van der Waals surface area contributed by atoms with Crippen LogP contribution in [0.15, 0.2) is 54.6 Å². The van der Waals surface area contributed by atoms with E-state index in [1.54, 1.807) is 28.9 Å². The lowest BCUT2D eigenvalue weighted by Gasteiger charge is -2.02. The molecule has 0 spiro atoms. The average Bonchev–Trinajstić information content (AvgIpc) is 2.90. The number of rotatable bonds is 2. The third-order valence-electron chi connectivity index (χ3n) is 2.90. The Bertz CT molecular complexity index is 770. The minimum absolute atomic E-state index is 0.445. The first-order chi connectivity index (χ1) is 9.79. The van der Waals surface area contributed by atoms with Crippen LogP contribution in [0, 0.1) is 11.3 Å². The van der Waals surface area contributed by atoms with Crippen LogP contribution in [-0.2, 0) is 0 Å². The summed E-state index contributed by atoms with van der Waals surface area (Å²) in [4.78, 5) is 0. The first-order valence-corrected chi connectivity index (χ1v) is 6.34. The van der Waals surface area contributed by atoms with E-state index in [4.69, 9.17) is 16.9 Å². The lowest BCUT2D eigenvalue weighted by Crippen LogP contribution is -1.96. The van der Waals surface area contributed by atoms with E-state index in [0.29, 0.717) is 16.4 Å². The molecule has 0 unspecified atom stereocenters. The van der Waals surface area contributed by atoms with Gasteiger partial charge in [-0.3, -0.25) is 0 Å². The van der Waals surface area contributed by atoms with Crippen molar-refractivity contribution in [2.75, 3.05) is 0 Å². The zero-order valence-corrected chi connectivity index (χ0v) is 11.1. The van der Waals surface area contributed by atoms with Crippen LogP contribution in [0.4, 0.5) is 0 Å². The summed E-state index contributed by atoms with van der Waals surface area (Å²) in [7, 11) is 0. The Kier molecular flexibility index (Phi) is 3.20. The van der Waals surface area contributed by atoms with E-state index in [1.807, 2.05) is 30.3 Å². The van der Waals surface area contributed by atoms with Gasteiger partial charge in [0.15, 0.2) is 5.15 Å². The van der Waals surface area contributed by atoms with E-state index in [-0.39, 0.29) is 0 Å². The van der Waals surface area contributed by atoms with Crippen LogP contribution in [-0.4, -0.2) is 15.0 Å². The molecule has 20 heavy (non-hydrogen) atoms. The number of nitriles is 1. The SMILES string of the molecule is N#Cc1ccc(-n2nnc(-c3ccccc3)c2Cl)cc1. The van der Waals surface area contributed by atoms with Gasteiger partial charge in [0.05, 0.1) is 17.3 Å². The van der Waals surface area contributed by atoms with Crippen LogP contribution in [0.5, 0.6) is 0 Å². The van der Waals surface area contributed by atoms with Crippen molar-refractivity contribution < 1.29 is 0 Å². The molecule has 0 aliphatic rings. The van der Waals surface area contributed by atoms with Gasteiger partial charge < -0.3 is 0 Å². The molecule has 0 aliphatic carbocycles. The highest BCUT2D eigenvalue weighted by molar-refractivity contribution is 6.32. The average molecular weight is 281 g/mol. The van der Waals surface area contributed by atoms with Gasteiger partial charge >= 0.3 is 0 Å². The lowest BCUT2D eigenvalue weighted by atomic mass is 10.2. The number of nitrogens with zero attached hydrogens (tertiary/aromatic N) is 4. The first-order valence-electron chi connectivity index (χ1n) is 5.97. The second-order valence-corrected chi connectivity index (χ2v) is 4.52. The summed E-state index contributed by atoms with van der Waals surface area (Å²) in [6.45, 7) is 0. The highest BCUT2D eigenvalue weighted by atomic mass is 35.5.